The second-order valence-corrected chi connectivity index (χ2v) is 4.97. The lowest BCUT2D eigenvalue weighted by Gasteiger charge is -2.01. The van der Waals surface area contributed by atoms with Gasteiger partial charge in [-0.15, -0.1) is 0 Å². The fourth-order valence-electron chi connectivity index (χ4n) is 2.36. The van der Waals surface area contributed by atoms with Gasteiger partial charge in [-0.1, -0.05) is 0 Å². The molecule has 4 rings (SSSR count). The summed E-state index contributed by atoms with van der Waals surface area (Å²) >= 11 is 0. The maximum absolute atomic E-state index is 11.0. The number of benzene rings is 1. The lowest BCUT2D eigenvalue weighted by atomic mass is 10.2. The van der Waals surface area contributed by atoms with E-state index < -0.39 is 5.97 Å². The second-order valence-electron chi connectivity index (χ2n) is 4.97. The molecule has 0 atom stereocenters. The fourth-order valence-corrected chi connectivity index (χ4v) is 2.36. The van der Waals surface area contributed by atoms with Crippen LogP contribution >= 0.6 is 0 Å². The van der Waals surface area contributed by atoms with Gasteiger partial charge in [0.05, 0.1) is 16.6 Å². The zero-order chi connectivity index (χ0) is 16.0. The number of carbonyl (C=O) groups is 1. The average Bonchev–Trinajstić information content (AvgIpc) is 3.08. The molecule has 0 aliphatic heterocycles. The third-order valence-corrected chi connectivity index (χ3v) is 3.51. The van der Waals surface area contributed by atoms with Crippen molar-refractivity contribution < 1.29 is 14.3 Å². The Morgan fingerprint density at radius 1 is 1.30 bits per heavy atom. The first-order valence-corrected chi connectivity index (χ1v) is 6.80. The van der Waals surface area contributed by atoms with Gasteiger partial charge in [0.25, 0.3) is 0 Å². The predicted octanol–water partition coefficient (Wildman–Crippen LogP) is 2.55. The van der Waals surface area contributed by atoms with E-state index in [1.54, 1.807) is 35.0 Å². The van der Waals surface area contributed by atoms with E-state index in [-0.39, 0.29) is 11.6 Å². The number of pyridine rings is 1. The molecule has 0 saturated heterocycles. The number of carboxylic acid groups (broad SMARTS) is 1. The molecule has 1 aromatic carbocycles. The summed E-state index contributed by atoms with van der Waals surface area (Å²) in [5.41, 5.74) is 2.63. The number of hydrogen-bond donors (Lipinski definition) is 2. The largest absolute Gasteiger partial charge is 0.478 e. The Balaban J connectivity index is 1.76. The van der Waals surface area contributed by atoms with Gasteiger partial charge in [0.15, 0.2) is 5.58 Å². The Morgan fingerprint density at radius 2 is 2.17 bits per heavy atom. The van der Waals surface area contributed by atoms with Crippen molar-refractivity contribution in [2.24, 2.45) is 7.05 Å². The van der Waals surface area contributed by atoms with E-state index in [4.69, 9.17) is 9.52 Å². The Bertz CT molecular complexity index is 1020. The molecule has 114 valence electrons. The Kier molecular flexibility index (Phi) is 2.77. The molecule has 2 N–H and O–H groups in total. The summed E-state index contributed by atoms with van der Waals surface area (Å²) in [5.74, 6) is -0.494. The van der Waals surface area contributed by atoms with Gasteiger partial charge in [-0.2, -0.15) is 4.98 Å². The minimum atomic E-state index is -0.989. The number of nitrogens with one attached hydrogen (secondary N) is 1. The van der Waals surface area contributed by atoms with Gasteiger partial charge in [-0.25, -0.2) is 14.8 Å². The van der Waals surface area contributed by atoms with E-state index >= 15 is 0 Å². The highest BCUT2D eigenvalue weighted by Gasteiger charge is 2.13. The number of carboxylic acids is 1. The quantitative estimate of drug-likeness (QED) is 0.599. The Labute approximate surface area is 129 Å². The number of nitrogens with zero attached hydrogens (tertiary/aromatic N) is 4. The summed E-state index contributed by atoms with van der Waals surface area (Å²) in [4.78, 5) is 23.8. The van der Waals surface area contributed by atoms with Crippen molar-refractivity contribution in [2.45, 2.75) is 0 Å². The van der Waals surface area contributed by atoms with Crippen molar-refractivity contribution in [1.29, 1.82) is 0 Å². The van der Waals surface area contributed by atoms with Crippen LogP contribution in [-0.2, 0) is 7.05 Å². The van der Waals surface area contributed by atoms with Crippen LogP contribution in [0.3, 0.4) is 0 Å². The SMILES string of the molecule is Cn1c(Nc2nc3ncccc3o2)nc2cc(C(=O)O)ccc21. The summed E-state index contributed by atoms with van der Waals surface area (Å²) in [7, 11) is 1.82. The summed E-state index contributed by atoms with van der Waals surface area (Å²) in [6.45, 7) is 0. The number of oxazole rings is 1. The van der Waals surface area contributed by atoms with Gasteiger partial charge in [0.2, 0.25) is 11.6 Å². The molecule has 3 heterocycles. The van der Waals surface area contributed by atoms with Gasteiger partial charge in [0.1, 0.15) is 0 Å². The van der Waals surface area contributed by atoms with Crippen molar-refractivity contribution in [3.63, 3.8) is 0 Å². The molecule has 4 aromatic rings. The predicted molar refractivity (Wildman–Crippen MR) is 82.8 cm³/mol. The molecule has 0 radical (unpaired) electrons. The summed E-state index contributed by atoms with van der Waals surface area (Å²) in [6.07, 6.45) is 1.64. The number of aromatic carboxylic acids is 1. The first-order chi connectivity index (χ1) is 11.1. The zero-order valence-electron chi connectivity index (χ0n) is 12.0. The first kappa shape index (κ1) is 13.3. The summed E-state index contributed by atoms with van der Waals surface area (Å²) < 4.78 is 7.35. The third kappa shape index (κ3) is 2.16. The standard InChI is InChI=1S/C15H11N5O3/c1-20-10-5-4-8(13(21)22)7-9(10)17-14(20)19-15-18-12-11(23-15)3-2-6-16-12/h2-7H,1H3,(H,21,22)(H,16,17,18,19). The van der Waals surface area contributed by atoms with Gasteiger partial charge >= 0.3 is 12.0 Å². The number of anilines is 2. The molecule has 3 aromatic heterocycles. The normalized spacial score (nSPS) is 11.2. The summed E-state index contributed by atoms with van der Waals surface area (Å²) in [5, 5.41) is 12.0. The van der Waals surface area contributed by atoms with E-state index in [2.05, 4.69) is 20.3 Å². The van der Waals surface area contributed by atoms with Gasteiger partial charge < -0.3 is 14.1 Å². The summed E-state index contributed by atoms with van der Waals surface area (Å²) in [6, 6.07) is 8.59. The van der Waals surface area contributed by atoms with Gasteiger partial charge in [-0.05, 0) is 30.3 Å². The minimum absolute atomic E-state index is 0.188. The highest BCUT2D eigenvalue weighted by Crippen LogP contribution is 2.24. The molecular formula is C15H11N5O3. The molecule has 8 heteroatoms. The van der Waals surface area contributed by atoms with E-state index in [0.29, 0.717) is 22.7 Å². The number of fused-ring (bicyclic) bond motifs is 2. The molecule has 0 amide bonds. The monoisotopic (exact) mass is 309 g/mol. The number of imidazole rings is 1. The number of aryl methyl sites for hydroxylation is 1. The van der Waals surface area contributed by atoms with Crippen LogP contribution in [0.25, 0.3) is 22.3 Å². The van der Waals surface area contributed by atoms with Crippen LogP contribution in [0.5, 0.6) is 0 Å². The molecule has 0 spiro atoms. The minimum Gasteiger partial charge on any atom is -0.478 e. The first-order valence-electron chi connectivity index (χ1n) is 6.80. The third-order valence-electron chi connectivity index (χ3n) is 3.51. The van der Waals surface area contributed by atoms with Gasteiger partial charge in [0, 0.05) is 13.2 Å². The number of aromatic nitrogens is 4. The molecule has 0 bridgehead atoms. The lowest BCUT2D eigenvalue weighted by Crippen LogP contribution is -1.99. The van der Waals surface area contributed by atoms with Crippen molar-refractivity contribution in [1.82, 2.24) is 19.5 Å². The average molecular weight is 309 g/mol. The Morgan fingerprint density at radius 3 is 2.96 bits per heavy atom. The molecular weight excluding hydrogens is 298 g/mol. The van der Waals surface area contributed by atoms with Crippen LogP contribution in [0.4, 0.5) is 12.0 Å². The van der Waals surface area contributed by atoms with Crippen molar-refractivity contribution in [3.8, 4) is 0 Å². The zero-order valence-corrected chi connectivity index (χ0v) is 12.0. The highest BCUT2D eigenvalue weighted by molar-refractivity contribution is 5.93. The van der Waals surface area contributed by atoms with E-state index in [1.807, 2.05) is 7.05 Å². The Hall–Kier alpha value is -3.42. The second kappa shape index (κ2) is 4.80. The van der Waals surface area contributed by atoms with E-state index in [0.717, 1.165) is 5.52 Å². The topological polar surface area (TPSA) is 106 Å². The highest BCUT2D eigenvalue weighted by atomic mass is 16.4. The molecule has 0 aliphatic rings. The number of rotatable bonds is 3. The van der Waals surface area contributed by atoms with E-state index in [9.17, 15) is 4.79 Å². The maximum Gasteiger partial charge on any atom is 0.335 e. The van der Waals surface area contributed by atoms with Crippen molar-refractivity contribution >= 4 is 40.2 Å². The van der Waals surface area contributed by atoms with E-state index in [1.165, 1.54) is 6.07 Å². The molecule has 8 nitrogen and oxygen atoms in total. The van der Waals surface area contributed by atoms with Crippen LogP contribution in [0.2, 0.25) is 0 Å². The van der Waals surface area contributed by atoms with Crippen LogP contribution in [0.15, 0.2) is 40.9 Å². The maximum atomic E-state index is 11.0. The van der Waals surface area contributed by atoms with Crippen LogP contribution in [-0.4, -0.2) is 30.6 Å². The van der Waals surface area contributed by atoms with Gasteiger partial charge in [-0.3, -0.25) is 5.32 Å². The lowest BCUT2D eigenvalue weighted by molar-refractivity contribution is 0.0697. The van der Waals surface area contributed by atoms with Crippen LogP contribution < -0.4 is 5.32 Å². The van der Waals surface area contributed by atoms with Crippen molar-refractivity contribution in [3.05, 3.63) is 42.1 Å². The molecule has 23 heavy (non-hydrogen) atoms. The fraction of sp³-hybridized carbons (Fsp3) is 0.0667. The van der Waals surface area contributed by atoms with Crippen molar-refractivity contribution in [2.75, 3.05) is 5.32 Å². The van der Waals surface area contributed by atoms with Crippen LogP contribution in [0, 0.1) is 0 Å². The number of hydrogen-bond acceptors (Lipinski definition) is 6. The smallest absolute Gasteiger partial charge is 0.335 e. The van der Waals surface area contributed by atoms with Crippen LogP contribution in [0.1, 0.15) is 10.4 Å². The molecule has 0 saturated carbocycles. The molecule has 0 unspecified atom stereocenters. The molecule has 0 fully saturated rings. The molecule has 0 aliphatic carbocycles.